The van der Waals surface area contributed by atoms with Gasteiger partial charge in [0.25, 0.3) is 5.91 Å². The first-order valence-electron chi connectivity index (χ1n) is 8.08. The summed E-state index contributed by atoms with van der Waals surface area (Å²) in [5, 5.41) is 11.9. The fourth-order valence-electron chi connectivity index (χ4n) is 2.76. The zero-order valence-electron chi connectivity index (χ0n) is 14.0. The van der Waals surface area contributed by atoms with Gasteiger partial charge in [0.1, 0.15) is 11.8 Å². The second-order valence-electron chi connectivity index (χ2n) is 5.83. The van der Waals surface area contributed by atoms with Crippen LogP contribution in [-0.4, -0.2) is 31.3 Å². The monoisotopic (exact) mass is 404 g/mol. The van der Waals surface area contributed by atoms with Gasteiger partial charge in [-0.1, -0.05) is 0 Å². The van der Waals surface area contributed by atoms with Gasteiger partial charge in [0, 0.05) is 30.0 Å². The molecule has 1 aromatic rings. The zero-order valence-corrected chi connectivity index (χ0v) is 15.6. The van der Waals surface area contributed by atoms with E-state index in [0.29, 0.717) is 11.1 Å². The van der Waals surface area contributed by atoms with E-state index in [0.717, 1.165) is 35.9 Å². The smallest absolute Gasteiger partial charge is 0.254 e. The number of nitrogens with one attached hydrogen (secondary N) is 1. The molecule has 0 aliphatic heterocycles. The van der Waals surface area contributed by atoms with E-state index in [2.05, 4.69) is 32.3 Å². The first-order valence-corrected chi connectivity index (χ1v) is 8.88. The summed E-state index contributed by atoms with van der Waals surface area (Å²) >= 11 is 3.37. The van der Waals surface area contributed by atoms with Crippen molar-refractivity contribution in [2.45, 2.75) is 37.8 Å². The Kier molecular flexibility index (Phi) is 7.02. The highest BCUT2D eigenvalue weighted by atomic mass is 79.9. The molecule has 0 bridgehead atoms. The molecule has 1 saturated carbocycles. The first-order chi connectivity index (χ1) is 12.1. The molecule has 0 atom stereocenters. The normalized spacial score (nSPS) is 20.9. The predicted molar refractivity (Wildman–Crippen MR) is 100 cm³/mol. The van der Waals surface area contributed by atoms with Gasteiger partial charge in [-0.05, 0) is 59.8 Å². The van der Waals surface area contributed by atoms with Gasteiger partial charge in [-0.2, -0.15) is 5.26 Å². The average molecular weight is 405 g/mol. The minimum absolute atomic E-state index is 0.106. The maximum atomic E-state index is 12.1. The molecule has 0 spiro atoms. The van der Waals surface area contributed by atoms with Crippen molar-refractivity contribution in [3.8, 4) is 11.8 Å². The Morgan fingerprint density at radius 2 is 2.16 bits per heavy atom. The Bertz CT molecular complexity index is 716. The minimum atomic E-state index is -0.200. The Morgan fingerprint density at radius 3 is 2.72 bits per heavy atom. The van der Waals surface area contributed by atoms with E-state index in [1.807, 2.05) is 6.07 Å². The van der Waals surface area contributed by atoms with E-state index in [-0.39, 0.29) is 18.1 Å². The van der Waals surface area contributed by atoms with Crippen LogP contribution < -0.4 is 15.8 Å². The Hall–Kier alpha value is -2.33. The van der Waals surface area contributed by atoms with Gasteiger partial charge in [-0.25, -0.2) is 0 Å². The third-order valence-corrected chi connectivity index (χ3v) is 4.74. The lowest BCUT2D eigenvalue weighted by molar-refractivity contribution is -0.118. The number of ether oxygens (including phenoxy) is 1. The number of benzene rings is 1. The summed E-state index contributed by atoms with van der Waals surface area (Å²) in [6, 6.07) is 7.58. The summed E-state index contributed by atoms with van der Waals surface area (Å²) < 4.78 is 6.72. The number of rotatable bonds is 5. The third kappa shape index (κ3) is 5.33. The molecule has 1 amide bonds. The Morgan fingerprint density at radius 1 is 1.44 bits per heavy atom. The van der Waals surface area contributed by atoms with Crippen LogP contribution in [0, 0.1) is 11.3 Å². The zero-order chi connectivity index (χ0) is 18.2. The van der Waals surface area contributed by atoms with Crippen LogP contribution in [-0.2, 0) is 4.79 Å². The van der Waals surface area contributed by atoms with E-state index in [1.54, 1.807) is 19.2 Å². The summed E-state index contributed by atoms with van der Waals surface area (Å²) in [5.74, 6) is 0.541. The number of carbonyl (C=O) groups is 1. The topological polar surface area (TPSA) is 100 Å². The molecule has 2 rings (SSSR count). The molecule has 3 N–H and O–H groups in total. The van der Waals surface area contributed by atoms with Crippen molar-refractivity contribution in [2.75, 3.05) is 7.05 Å². The quantitative estimate of drug-likeness (QED) is 0.581. The number of nitrogens with zero attached hydrogens (tertiary/aromatic N) is 2. The molecular weight excluding hydrogens is 384 g/mol. The van der Waals surface area contributed by atoms with Gasteiger partial charge in [-0.3, -0.25) is 9.79 Å². The largest absolute Gasteiger partial charge is 0.490 e. The summed E-state index contributed by atoms with van der Waals surface area (Å²) in [7, 11) is 1.60. The number of hydrogen-bond donors (Lipinski definition) is 2. The van der Waals surface area contributed by atoms with Gasteiger partial charge in [-0.15, -0.1) is 0 Å². The lowest BCUT2D eigenvalue weighted by atomic mass is 9.92. The number of hydrogen-bond acceptors (Lipinski definition) is 5. The minimum Gasteiger partial charge on any atom is -0.490 e. The molecule has 0 aromatic heterocycles. The summed E-state index contributed by atoms with van der Waals surface area (Å²) in [6.07, 6.45) is 6.21. The lowest BCUT2D eigenvalue weighted by Crippen LogP contribution is -2.40. The van der Waals surface area contributed by atoms with Crippen molar-refractivity contribution in [2.24, 2.45) is 10.7 Å². The van der Waals surface area contributed by atoms with Crippen molar-refractivity contribution in [1.29, 1.82) is 5.26 Å². The molecule has 6 nitrogen and oxygen atoms in total. The third-order valence-electron chi connectivity index (χ3n) is 4.08. The SMILES string of the molecule is CN=CC(=CN)C(=O)NC1CCC(Oc2ccc(C#N)c(Br)c2)CC1. The van der Waals surface area contributed by atoms with Gasteiger partial charge < -0.3 is 15.8 Å². The molecule has 1 fully saturated rings. The van der Waals surface area contributed by atoms with Crippen LogP contribution in [0.2, 0.25) is 0 Å². The summed E-state index contributed by atoms with van der Waals surface area (Å²) in [4.78, 5) is 15.9. The second-order valence-corrected chi connectivity index (χ2v) is 6.68. The summed E-state index contributed by atoms with van der Waals surface area (Å²) in [5.41, 5.74) is 6.39. The molecule has 0 saturated heterocycles. The molecule has 7 heteroatoms. The van der Waals surface area contributed by atoms with E-state index in [1.165, 1.54) is 12.4 Å². The molecule has 25 heavy (non-hydrogen) atoms. The van der Waals surface area contributed by atoms with Gasteiger partial charge in [0.05, 0.1) is 17.2 Å². The highest BCUT2D eigenvalue weighted by Gasteiger charge is 2.24. The molecule has 1 aliphatic rings. The molecule has 1 aliphatic carbocycles. The number of amides is 1. The molecule has 0 radical (unpaired) electrons. The van der Waals surface area contributed by atoms with Gasteiger partial charge >= 0.3 is 0 Å². The van der Waals surface area contributed by atoms with Crippen LogP contribution in [0.4, 0.5) is 0 Å². The van der Waals surface area contributed by atoms with Crippen LogP contribution >= 0.6 is 15.9 Å². The van der Waals surface area contributed by atoms with Crippen LogP contribution in [0.3, 0.4) is 0 Å². The van der Waals surface area contributed by atoms with Crippen LogP contribution in [0.25, 0.3) is 0 Å². The van der Waals surface area contributed by atoms with E-state index in [4.69, 9.17) is 15.7 Å². The lowest BCUT2D eigenvalue weighted by Gasteiger charge is -2.29. The standard InChI is InChI=1S/C18H21BrN4O2/c1-22-11-13(10-21)18(24)23-14-3-6-15(7-4-14)25-16-5-2-12(9-20)17(19)8-16/h2,5,8,10-11,14-15H,3-4,6-7,21H2,1H3,(H,23,24). The number of carbonyl (C=O) groups excluding carboxylic acids is 1. The van der Waals surface area contributed by atoms with Crippen LogP contribution in [0.5, 0.6) is 5.75 Å². The molecule has 132 valence electrons. The highest BCUT2D eigenvalue weighted by molar-refractivity contribution is 9.10. The predicted octanol–water partition coefficient (Wildman–Crippen LogP) is 2.67. The van der Waals surface area contributed by atoms with Gasteiger partial charge in [0.2, 0.25) is 0 Å². The van der Waals surface area contributed by atoms with Crippen LogP contribution in [0.15, 0.2) is 39.4 Å². The van der Waals surface area contributed by atoms with Crippen molar-refractivity contribution in [3.05, 3.63) is 40.0 Å². The number of nitriles is 1. The van der Waals surface area contributed by atoms with E-state index in [9.17, 15) is 4.79 Å². The highest BCUT2D eigenvalue weighted by Crippen LogP contribution is 2.27. The maximum absolute atomic E-state index is 12.1. The number of halogens is 1. The van der Waals surface area contributed by atoms with E-state index < -0.39 is 0 Å². The number of aliphatic imine (C=N–C) groups is 1. The van der Waals surface area contributed by atoms with Crippen molar-refractivity contribution in [3.63, 3.8) is 0 Å². The van der Waals surface area contributed by atoms with Crippen molar-refractivity contribution in [1.82, 2.24) is 5.32 Å². The van der Waals surface area contributed by atoms with Crippen molar-refractivity contribution < 1.29 is 9.53 Å². The molecule has 1 aromatic carbocycles. The van der Waals surface area contributed by atoms with Crippen LogP contribution in [0.1, 0.15) is 31.2 Å². The molecule has 0 heterocycles. The second kappa shape index (κ2) is 9.23. The average Bonchev–Trinajstić information content (AvgIpc) is 2.61. The Balaban J connectivity index is 1.84. The number of nitrogens with two attached hydrogens (primary N) is 1. The first kappa shape index (κ1) is 19.0. The Labute approximate surface area is 155 Å². The maximum Gasteiger partial charge on any atom is 0.254 e. The molecular formula is C18H21BrN4O2. The van der Waals surface area contributed by atoms with Gasteiger partial charge in [0.15, 0.2) is 0 Å². The fourth-order valence-corrected chi connectivity index (χ4v) is 3.21. The fraction of sp³-hybridized carbons (Fsp3) is 0.389. The van der Waals surface area contributed by atoms with Crippen molar-refractivity contribution >= 4 is 28.1 Å². The van der Waals surface area contributed by atoms with E-state index >= 15 is 0 Å². The summed E-state index contributed by atoms with van der Waals surface area (Å²) in [6.45, 7) is 0. The molecule has 0 unspecified atom stereocenters.